The maximum atomic E-state index is 11.0. The molecule has 0 saturated heterocycles. The lowest BCUT2D eigenvalue weighted by atomic mass is 10.3. The third-order valence-corrected chi connectivity index (χ3v) is 3.17. The Balaban J connectivity index is 1.90. The monoisotopic (exact) mass is 256 g/mol. The third-order valence-electron chi connectivity index (χ3n) is 2.50. The molecule has 5 nitrogen and oxygen atoms in total. The van der Waals surface area contributed by atoms with Crippen molar-refractivity contribution in [2.75, 3.05) is 12.9 Å². The van der Waals surface area contributed by atoms with Gasteiger partial charge in [0.15, 0.2) is 0 Å². The summed E-state index contributed by atoms with van der Waals surface area (Å²) in [5, 5.41) is 0. The molecule has 0 spiro atoms. The van der Waals surface area contributed by atoms with Crippen LogP contribution in [0.15, 0.2) is 18.3 Å². The average molecular weight is 256 g/mol. The molecule has 2 rings (SSSR count). The molecular formula is C11H16N2O3S. The fraction of sp³-hybridized carbons (Fsp3) is 0.545. The van der Waals surface area contributed by atoms with E-state index in [1.165, 1.54) is 12.8 Å². The molecule has 94 valence electrons. The Morgan fingerprint density at radius 1 is 1.53 bits per heavy atom. The molecule has 0 aliphatic heterocycles. The first-order chi connectivity index (χ1) is 8.03. The van der Waals surface area contributed by atoms with E-state index < -0.39 is 10.0 Å². The first kappa shape index (κ1) is 12.3. The highest BCUT2D eigenvalue weighted by Gasteiger charge is 2.22. The number of hydrogen-bond acceptors (Lipinski definition) is 4. The molecule has 17 heavy (non-hydrogen) atoms. The van der Waals surface area contributed by atoms with Crippen molar-refractivity contribution in [2.24, 2.45) is 5.92 Å². The number of aromatic nitrogens is 1. The summed E-state index contributed by atoms with van der Waals surface area (Å²) in [6.45, 7) is 0.969. The molecule has 0 atom stereocenters. The minimum absolute atomic E-state index is 0.265. The van der Waals surface area contributed by atoms with Crippen LogP contribution in [0.1, 0.15) is 18.4 Å². The van der Waals surface area contributed by atoms with Gasteiger partial charge in [-0.2, -0.15) is 0 Å². The summed E-state index contributed by atoms with van der Waals surface area (Å²) in [5.41, 5.74) is 0.844. The van der Waals surface area contributed by atoms with Gasteiger partial charge in [0.05, 0.1) is 12.9 Å². The number of ether oxygens (including phenoxy) is 1. The molecular weight excluding hydrogens is 240 g/mol. The number of sulfonamides is 1. The quantitative estimate of drug-likeness (QED) is 0.821. The Kier molecular flexibility index (Phi) is 3.63. The molecule has 0 radical (unpaired) electrons. The molecule has 1 heterocycles. The zero-order chi connectivity index (χ0) is 12.3. The van der Waals surface area contributed by atoms with Crippen LogP contribution in [0.4, 0.5) is 0 Å². The van der Waals surface area contributed by atoms with Crippen LogP contribution >= 0.6 is 0 Å². The van der Waals surface area contributed by atoms with Crippen LogP contribution in [-0.4, -0.2) is 26.3 Å². The SMILES string of the molecule is CS(=O)(=O)NCc1ccnc(OCC2CC2)c1. The zero-order valence-corrected chi connectivity index (χ0v) is 10.5. The van der Waals surface area contributed by atoms with Gasteiger partial charge in [-0.25, -0.2) is 18.1 Å². The van der Waals surface area contributed by atoms with Crippen LogP contribution in [0.2, 0.25) is 0 Å². The second kappa shape index (κ2) is 5.01. The summed E-state index contributed by atoms with van der Waals surface area (Å²) < 4.78 is 29.9. The highest BCUT2D eigenvalue weighted by molar-refractivity contribution is 7.88. The van der Waals surface area contributed by atoms with Crippen molar-refractivity contribution in [3.63, 3.8) is 0 Å². The molecule has 1 aromatic heterocycles. The van der Waals surface area contributed by atoms with E-state index >= 15 is 0 Å². The molecule has 0 amide bonds. The summed E-state index contributed by atoms with van der Waals surface area (Å²) in [5.74, 6) is 1.24. The van der Waals surface area contributed by atoms with E-state index in [0.717, 1.165) is 11.8 Å². The molecule has 1 fully saturated rings. The minimum atomic E-state index is -3.16. The van der Waals surface area contributed by atoms with Gasteiger partial charge in [0.25, 0.3) is 0 Å². The number of pyridine rings is 1. The van der Waals surface area contributed by atoms with Gasteiger partial charge in [-0.15, -0.1) is 0 Å². The van der Waals surface area contributed by atoms with Crippen LogP contribution in [-0.2, 0) is 16.6 Å². The summed E-state index contributed by atoms with van der Waals surface area (Å²) >= 11 is 0. The summed E-state index contributed by atoms with van der Waals surface area (Å²) in [4.78, 5) is 4.08. The van der Waals surface area contributed by atoms with Crippen LogP contribution in [0.5, 0.6) is 5.88 Å². The summed E-state index contributed by atoms with van der Waals surface area (Å²) in [6.07, 6.45) is 5.23. The molecule has 1 aliphatic carbocycles. The van der Waals surface area contributed by atoms with Crippen LogP contribution in [0.25, 0.3) is 0 Å². The van der Waals surface area contributed by atoms with Crippen molar-refractivity contribution in [1.29, 1.82) is 0 Å². The molecule has 0 unspecified atom stereocenters. The predicted molar refractivity (Wildman–Crippen MR) is 64.1 cm³/mol. The van der Waals surface area contributed by atoms with E-state index in [9.17, 15) is 8.42 Å². The van der Waals surface area contributed by atoms with Gasteiger partial charge >= 0.3 is 0 Å². The first-order valence-electron chi connectivity index (χ1n) is 5.55. The van der Waals surface area contributed by atoms with E-state index in [4.69, 9.17) is 4.74 Å². The highest BCUT2D eigenvalue weighted by Crippen LogP contribution is 2.29. The smallest absolute Gasteiger partial charge is 0.213 e. The lowest BCUT2D eigenvalue weighted by Crippen LogP contribution is -2.21. The van der Waals surface area contributed by atoms with Gasteiger partial charge in [-0.05, 0) is 30.4 Å². The predicted octanol–water partition coefficient (Wildman–Crippen LogP) is 0.920. The van der Waals surface area contributed by atoms with Crippen molar-refractivity contribution in [2.45, 2.75) is 19.4 Å². The van der Waals surface area contributed by atoms with E-state index in [-0.39, 0.29) is 6.54 Å². The minimum Gasteiger partial charge on any atom is -0.477 e. The topological polar surface area (TPSA) is 68.3 Å². The molecule has 0 aromatic carbocycles. The largest absolute Gasteiger partial charge is 0.477 e. The van der Waals surface area contributed by atoms with Crippen molar-refractivity contribution < 1.29 is 13.2 Å². The van der Waals surface area contributed by atoms with Crippen molar-refractivity contribution in [3.8, 4) is 5.88 Å². The van der Waals surface area contributed by atoms with Gasteiger partial charge in [-0.1, -0.05) is 0 Å². The Labute approximate surface area is 101 Å². The second-order valence-corrected chi connectivity index (χ2v) is 6.18. The van der Waals surface area contributed by atoms with Crippen LogP contribution in [0.3, 0.4) is 0 Å². The number of nitrogens with zero attached hydrogens (tertiary/aromatic N) is 1. The van der Waals surface area contributed by atoms with Crippen LogP contribution < -0.4 is 9.46 Å². The number of rotatable bonds is 6. The van der Waals surface area contributed by atoms with E-state index in [1.807, 2.05) is 0 Å². The lowest BCUT2D eigenvalue weighted by Gasteiger charge is -2.06. The third kappa shape index (κ3) is 4.70. The van der Waals surface area contributed by atoms with Gasteiger partial charge in [0, 0.05) is 18.8 Å². The number of nitrogens with one attached hydrogen (secondary N) is 1. The lowest BCUT2D eigenvalue weighted by molar-refractivity contribution is 0.288. The Morgan fingerprint density at radius 3 is 2.94 bits per heavy atom. The number of hydrogen-bond donors (Lipinski definition) is 1. The molecule has 1 N–H and O–H groups in total. The maximum absolute atomic E-state index is 11.0. The summed E-state index contributed by atoms with van der Waals surface area (Å²) in [7, 11) is -3.16. The zero-order valence-electron chi connectivity index (χ0n) is 9.72. The van der Waals surface area contributed by atoms with Gasteiger partial charge in [-0.3, -0.25) is 0 Å². The fourth-order valence-corrected chi connectivity index (χ4v) is 1.77. The highest BCUT2D eigenvalue weighted by atomic mass is 32.2. The molecule has 6 heteroatoms. The molecule has 1 aromatic rings. The average Bonchev–Trinajstić information content (AvgIpc) is 3.07. The maximum Gasteiger partial charge on any atom is 0.213 e. The van der Waals surface area contributed by atoms with E-state index in [0.29, 0.717) is 18.4 Å². The van der Waals surface area contributed by atoms with Crippen molar-refractivity contribution >= 4 is 10.0 Å². The van der Waals surface area contributed by atoms with Gasteiger partial charge < -0.3 is 4.74 Å². The fourth-order valence-electron chi connectivity index (χ4n) is 1.34. The first-order valence-corrected chi connectivity index (χ1v) is 7.44. The standard InChI is InChI=1S/C11H16N2O3S/c1-17(14,15)13-7-10-4-5-12-11(6-10)16-8-9-2-3-9/h4-6,9,13H,2-3,7-8H2,1H3. The normalized spacial score (nSPS) is 15.8. The van der Waals surface area contributed by atoms with Crippen molar-refractivity contribution in [1.82, 2.24) is 9.71 Å². The second-order valence-electron chi connectivity index (χ2n) is 4.35. The Bertz CT molecular complexity index is 483. The Hall–Kier alpha value is -1.14. The van der Waals surface area contributed by atoms with E-state index in [1.54, 1.807) is 18.3 Å². The van der Waals surface area contributed by atoms with Crippen molar-refractivity contribution in [3.05, 3.63) is 23.9 Å². The van der Waals surface area contributed by atoms with E-state index in [2.05, 4.69) is 9.71 Å². The Morgan fingerprint density at radius 2 is 2.29 bits per heavy atom. The summed E-state index contributed by atoms with van der Waals surface area (Å²) in [6, 6.07) is 3.53. The molecule has 0 bridgehead atoms. The molecule has 1 aliphatic rings. The molecule has 1 saturated carbocycles. The van der Waals surface area contributed by atoms with Gasteiger partial charge in [0.1, 0.15) is 0 Å². The van der Waals surface area contributed by atoms with Gasteiger partial charge in [0.2, 0.25) is 15.9 Å². The van der Waals surface area contributed by atoms with Crippen LogP contribution in [0, 0.1) is 5.92 Å².